The lowest BCUT2D eigenvalue weighted by molar-refractivity contribution is -0.135. The lowest BCUT2D eigenvalue weighted by atomic mass is 9.73. The van der Waals surface area contributed by atoms with Crippen LogP contribution in [0.3, 0.4) is 0 Å². The number of hydrogen-bond donors (Lipinski definition) is 2. The van der Waals surface area contributed by atoms with Crippen molar-refractivity contribution in [2.24, 2.45) is 0 Å². The molecule has 1 spiro atoms. The van der Waals surface area contributed by atoms with E-state index < -0.39 is 5.41 Å². The molecule has 0 radical (unpaired) electrons. The van der Waals surface area contributed by atoms with Gasteiger partial charge >= 0.3 is 0 Å². The van der Waals surface area contributed by atoms with Crippen molar-refractivity contribution >= 4 is 33.8 Å². The Morgan fingerprint density at radius 3 is 2.83 bits per heavy atom. The van der Waals surface area contributed by atoms with Crippen LogP contribution in [-0.4, -0.2) is 59.2 Å². The number of nitrogens with zero attached hydrogens (tertiary/aromatic N) is 7. The summed E-state index contributed by atoms with van der Waals surface area (Å²) in [4.78, 5) is 26.7. The van der Waals surface area contributed by atoms with Gasteiger partial charge in [0, 0.05) is 35.9 Å². The number of amides is 1. The second kappa shape index (κ2) is 7.87. The van der Waals surface area contributed by atoms with Crippen LogP contribution in [0.5, 0.6) is 0 Å². The number of pyridine rings is 1. The average molecular weight is 479 g/mol. The molecule has 36 heavy (non-hydrogen) atoms. The fourth-order valence-corrected chi connectivity index (χ4v) is 5.34. The Kier molecular flexibility index (Phi) is 4.60. The van der Waals surface area contributed by atoms with Crippen LogP contribution in [0.2, 0.25) is 0 Å². The van der Waals surface area contributed by atoms with E-state index in [4.69, 9.17) is 4.98 Å². The van der Waals surface area contributed by atoms with Crippen molar-refractivity contribution < 1.29 is 10.0 Å². The van der Waals surface area contributed by atoms with Crippen molar-refractivity contribution in [3.05, 3.63) is 72.1 Å². The molecule has 1 fully saturated rings. The molecule has 0 saturated carbocycles. The van der Waals surface area contributed by atoms with Crippen molar-refractivity contribution in [3.8, 4) is 11.3 Å². The highest BCUT2D eigenvalue weighted by Crippen LogP contribution is 2.46. The predicted molar refractivity (Wildman–Crippen MR) is 132 cm³/mol. The molecule has 178 valence electrons. The SMILES string of the molecule is O=C1Nc2ccc(-c3cnc4nnn(Cc5ccc6ncccc6c5)c4n3)cc2C12CCN(O)CC2. The third-order valence-electron chi connectivity index (χ3n) is 7.33. The first kappa shape index (κ1) is 21.0. The van der Waals surface area contributed by atoms with Crippen LogP contribution in [0.25, 0.3) is 33.5 Å². The minimum atomic E-state index is -0.629. The minimum Gasteiger partial charge on any atom is -0.325 e. The van der Waals surface area contributed by atoms with Gasteiger partial charge < -0.3 is 10.5 Å². The van der Waals surface area contributed by atoms with E-state index in [2.05, 4.69) is 31.7 Å². The van der Waals surface area contributed by atoms with Crippen LogP contribution in [-0.2, 0) is 16.8 Å². The van der Waals surface area contributed by atoms with Crippen molar-refractivity contribution in [1.82, 2.24) is 35.0 Å². The molecule has 0 aliphatic carbocycles. The van der Waals surface area contributed by atoms with Gasteiger partial charge in [-0.3, -0.25) is 9.78 Å². The Labute approximate surface area is 205 Å². The summed E-state index contributed by atoms with van der Waals surface area (Å²) in [5.74, 6) is -0.00264. The van der Waals surface area contributed by atoms with Crippen molar-refractivity contribution in [3.63, 3.8) is 0 Å². The number of fused-ring (bicyclic) bond motifs is 4. The van der Waals surface area contributed by atoms with Gasteiger partial charge in [-0.25, -0.2) is 14.6 Å². The van der Waals surface area contributed by atoms with E-state index in [1.807, 2.05) is 42.5 Å². The number of benzene rings is 2. The summed E-state index contributed by atoms with van der Waals surface area (Å²) in [6.07, 6.45) is 4.60. The Morgan fingerprint density at radius 2 is 1.94 bits per heavy atom. The fourth-order valence-electron chi connectivity index (χ4n) is 5.34. The number of hydroxylamine groups is 2. The first-order valence-corrected chi connectivity index (χ1v) is 11.9. The molecule has 5 heterocycles. The molecule has 5 aromatic rings. The van der Waals surface area contributed by atoms with Gasteiger partial charge in [-0.05, 0) is 54.3 Å². The van der Waals surface area contributed by atoms with Crippen molar-refractivity contribution in [1.29, 1.82) is 0 Å². The first-order chi connectivity index (χ1) is 17.6. The second-order valence-electron chi connectivity index (χ2n) is 9.43. The lowest BCUT2D eigenvalue weighted by Crippen LogP contribution is -2.45. The van der Waals surface area contributed by atoms with E-state index >= 15 is 0 Å². The van der Waals surface area contributed by atoms with E-state index in [1.165, 1.54) is 5.06 Å². The van der Waals surface area contributed by atoms with Crippen LogP contribution in [0.15, 0.2) is 60.9 Å². The van der Waals surface area contributed by atoms with E-state index in [0.29, 0.717) is 49.5 Å². The summed E-state index contributed by atoms with van der Waals surface area (Å²) in [6, 6.07) is 16.0. The normalized spacial score (nSPS) is 17.1. The zero-order valence-electron chi connectivity index (χ0n) is 19.3. The van der Waals surface area contributed by atoms with Gasteiger partial charge in [-0.2, -0.15) is 5.06 Å². The zero-order valence-corrected chi connectivity index (χ0v) is 19.3. The van der Waals surface area contributed by atoms with Crippen LogP contribution < -0.4 is 5.32 Å². The quantitative estimate of drug-likeness (QED) is 0.406. The summed E-state index contributed by atoms with van der Waals surface area (Å²) < 4.78 is 1.75. The number of anilines is 1. The third-order valence-corrected chi connectivity index (χ3v) is 7.33. The smallest absolute Gasteiger partial charge is 0.235 e. The summed E-state index contributed by atoms with van der Waals surface area (Å²) in [5, 5.41) is 23.7. The molecule has 2 aliphatic heterocycles. The van der Waals surface area contributed by atoms with Gasteiger partial charge in [0.1, 0.15) is 0 Å². The van der Waals surface area contributed by atoms with Gasteiger partial charge in [-0.15, -0.1) is 5.10 Å². The standard InChI is InChI=1S/C26H22N8O2/c35-25-26(7-10-33(36)11-8-26)19-13-18(4-6-21(19)30-25)22-14-28-23-24(29-22)34(32-31-23)15-16-3-5-20-17(12-16)2-1-9-27-20/h1-6,9,12-14,36H,7-8,10-11,15H2,(H,30,35). The Balaban J connectivity index is 1.25. The maximum absolute atomic E-state index is 12.9. The maximum atomic E-state index is 12.9. The average Bonchev–Trinajstić information content (AvgIpc) is 3.43. The highest BCUT2D eigenvalue weighted by Gasteiger charge is 2.48. The summed E-state index contributed by atoms with van der Waals surface area (Å²) in [6.45, 7) is 1.42. The summed E-state index contributed by atoms with van der Waals surface area (Å²) >= 11 is 0. The molecule has 2 aliphatic rings. The van der Waals surface area contributed by atoms with E-state index in [1.54, 1.807) is 17.1 Å². The predicted octanol–water partition coefficient (Wildman–Crippen LogP) is 3.16. The van der Waals surface area contributed by atoms with E-state index in [-0.39, 0.29) is 5.91 Å². The number of carbonyl (C=O) groups excluding carboxylic acids is 1. The third kappa shape index (κ3) is 3.26. The molecular formula is C26H22N8O2. The van der Waals surface area contributed by atoms with Gasteiger partial charge in [0.2, 0.25) is 11.6 Å². The largest absolute Gasteiger partial charge is 0.325 e. The van der Waals surface area contributed by atoms with Gasteiger partial charge in [-0.1, -0.05) is 23.4 Å². The number of nitrogens with one attached hydrogen (secondary N) is 1. The number of aromatic nitrogens is 6. The molecule has 2 N–H and O–H groups in total. The topological polar surface area (TPSA) is 122 Å². The van der Waals surface area contributed by atoms with Crippen LogP contribution in [0.1, 0.15) is 24.0 Å². The molecule has 7 rings (SSSR count). The summed E-state index contributed by atoms with van der Waals surface area (Å²) in [5.41, 5.74) is 5.78. The van der Waals surface area contributed by atoms with E-state index in [9.17, 15) is 10.0 Å². The fraction of sp³-hybridized carbons (Fsp3) is 0.231. The van der Waals surface area contributed by atoms with Crippen LogP contribution in [0, 0.1) is 0 Å². The molecule has 2 aromatic carbocycles. The number of hydrogen-bond acceptors (Lipinski definition) is 8. The Morgan fingerprint density at radius 1 is 1.06 bits per heavy atom. The lowest BCUT2D eigenvalue weighted by Gasteiger charge is -2.35. The molecule has 0 unspecified atom stereocenters. The Hall–Kier alpha value is -4.28. The number of rotatable bonds is 3. The van der Waals surface area contributed by atoms with Crippen LogP contribution in [0.4, 0.5) is 5.69 Å². The molecular weight excluding hydrogens is 456 g/mol. The van der Waals surface area contributed by atoms with Gasteiger partial charge in [0.25, 0.3) is 0 Å². The van der Waals surface area contributed by atoms with Gasteiger partial charge in [0.15, 0.2) is 5.65 Å². The Bertz CT molecular complexity index is 1650. The molecule has 0 bridgehead atoms. The summed E-state index contributed by atoms with van der Waals surface area (Å²) in [7, 11) is 0. The minimum absolute atomic E-state index is 0.00264. The maximum Gasteiger partial charge on any atom is 0.235 e. The van der Waals surface area contributed by atoms with Crippen molar-refractivity contribution in [2.45, 2.75) is 24.8 Å². The molecule has 3 aromatic heterocycles. The van der Waals surface area contributed by atoms with Crippen LogP contribution >= 0.6 is 0 Å². The highest BCUT2D eigenvalue weighted by molar-refractivity contribution is 6.06. The number of piperidine rings is 1. The second-order valence-corrected chi connectivity index (χ2v) is 9.43. The number of carbonyl (C=O) groups is 1. The monoisotopic (exact) mass is 478 g/mol. The van der Waals surface area contributed by atoms with E-state index in [0.717, 1.165) is 33.3 Å². The molecule has 10 heteroatoms. The first-order valence-electron chi connectivity index (χ1n) is 11.9. The molecule has 0 atom stereocenters. The molecule has 1 amide bonds. The van der Waals surface area contributed by atoms with Gasteiger partial charge in [0.05, 0.1) is 29.4 Å². The molecule has 1 saturated heterocycles. The molecule has 10 nitrogen and oxygen atoms in total. The zero-order chi connectivity index (χ0) is 24.3. The highest BCUT2D eigenvalue weighted by atomic mass is 16.5. The van der Waals surface area contributed by atoms with Crippen molar-refractivity contribution in [2.75, 3.05) is 18.4 Å².